The first-order valence-electron chi connectivity index (χ1n) is 17.6. The Morgan fingerprint density at radius 3 is 2.52 bits per heavy atom. The number of ether oxygens (including phenoxy) is 2. The number of hydrogen-bond acceptors (Lipinski definition) is 7. The fourth-order valence-electron chi connectivity index (χ4n) is 5.93. The van der Waals surface area contributed by atoms with Gasteiger partial charge in [0.1, 0.15) is 18.2 Å². The van der Waals surface area contributed by atoms with E-state index < -0.39 is 23.9 Å². The molecule has 1 saturated heterocycles. The van der Waals surface area contributed by atoms with E-state index in [-0.39, 0.29) is 36.9 Å². The van der Waals surface area contributed by atoms with Crippen molar-refractivity contribution in [2.75, 3.05) is 40.4 Å². The molecule has 3 heterocycles. The third kappa shape index (κ3) is 10.9. The van der Waals surface area contributed by atoms with Gasteiger partial charge in [0.05, 0.1) is 30.8 Å². The number of hydrogen-bond donors (Lipinski definition) is 1. The summed E-state index contributed by atoms with van der Waals surface area (Å²) in [4.78, 5) is 63.1. The summed E-state index contributed by atoms with van der Waals surface area (Å²) in [7, 11) is 3.22. The number of pyridine rings is 1. The highest BCUT2D eigenvalue weighted by Crippen LogP contribution is 2.33. The number of carbonyl (C=O) groups is 4. The Kier molecular flexibility index (Phi) is 14.1. The van der Waals surface area contributed by atoms with Gasteiger partial charge in [0.15, 0.2) is 0 Å². The summed E-state index contributed by atoms with van der Waals surface area (Å²) in [6.45, 7) is 7.44. The molecule has 0 spiro atoms. The zero-order valence-electron chi connectivity index (χ0n) is 29.3. The number of aromatic nitrogens is 1. The van der Waals surface area contributed by atoms with Crippen LogP contribution in [-0.4, -0.2) is 108 Å². The standard InChI is InChI=1S/C32H44ClN5O6.C4H10/c1-36(28(39)15-21-11-12-21)26-10-3-4-14-43-20-24-7-6-13-38(24)32(42)27(37(2)29(40)19-34-30(26)41)17-22-16-23(33)18-35-31(22)44-25-8-5-9-25;1-4(2)3/h3-4,16,18,21,24-27H,5-15,17,19-20H2,1-2H3,(H,34,41);4H,1-3H3/b4-3+;/t24?,26?,27-;/m0./s1. The van der Waals surface area contributed by atoms with Crippen molar-refractivity contribution in [3.63, 3.8) is 0 Å². The number of rotatable bonds is 7. The number of nitrogens with one attached hydrogen (secondary N) is 1. The third-order valence-electron chi connectivity index (χ3n) is 9.23. The number of likely N-dealkylation sites (N-methyl/N-ethyl adjacent to an activating group) is 2. The predicted octanol–water partition coefficient (Wildman–Crippen LogP) is 4.41. The van der Waals surface area contributed by atoms with Gasteiger partial charge in [-0.3, -0.25) is 19.2 Å². The molecular weight excluding hydrogens is 634 g/mol. The molecule has 1 aromatic rings. The number of amides is 4. The van der Waals surface area contributed by atoms with Crippen LogP contribution in [-0.2, 0) is 30.3 Å². The van der Waals surface area contributed by atoms with Gasteiger partial charge in [-0.05, 0) is 69.3 Å². The molecular formula is C36H54ClN5O6. The second-order valence-electron chi connectivity index (χ2n) is 14.2. The summed E-state index contributed by atoms with van der Waals surface area (Å²) in [5, 5.41) is 3.15. The molecule has 2 aliphatic heterocycles. The third-order valence-corrected chi connectivity index (χ3v) is 9.44. The van der Waals surface area contributed by atoms with Crippen LogP contribution in [0.1, 0.15) is 84.1 Å². The molecule has 4 amide bonds. The van der Waals surface area contributed by atoms with E-state index in [0.29, 0.717) is 55.0 Å². The van der Waals surface area contributed by atoms with Crippen LogP contribution in [0.4, 0.5) is 0 Å². The first kappa shape index (κ1) is 37.6. The molecule has 0 bridgehead atoms. The molecule has 5 rings (SSSR count). The minimum absolute atomic E-state index is 0.0705. The largest absolute Gasteiger partial charge is 0.474 e. The minimum atomic E-state index is -0.879. The molecule has 11 nitrogen and oxygen atoms in total. The Bertz CT molecular complexity index is 1300. The van der Waals surface area contributed by atoms with Crippen molar-refractivity contribution in [3.8, 4) is 5.88 Å². The molecule has 3 fully saturated rings. The Hall–Kier alpha value is -3.18. The lowest BCUT2D eigenvalue weighted by Gasteiger charge is -2.34. The van der Waals surface area contributed by atoms with Gasteiger partial charge in [0, 0.05) is 45.2 Å². The van der Waals surface area contributed by atoms with Crippen molar-refractivity contribution < 1.29 is 28.7 Å². The lowest BCUT2D eigenvalue weighted by molar-refractivity contribution is -0.146. The highest BCUT2D eigenvalue weighted by Gasteiger charge is 2.38. The van der Waals surface area contributed by atoms with Crippen LogP contribution in [0.5, 0.6) is 5.88 Å². The van der Waals surface area contributed by atoms with E-state index in [0.717, 1.165) is 50.9 Å². The van der Waals surface area contributed by atoms with Gasteiger partial charge in [0.25, 0.3) is 0 Å². The monoisotopic (exact) mass is 687 g/mol. The molecule has 48 heavy (non-hydrogen) atoms. The van der Waals surface area contributed by atoms with E-state index in [1.165, 1.54) is 16.0 Å². The molecule has 0 radical (unpaired) electrons. The van der Waals surface area contributed by atoms with Crippen molar-refractivity contribution in [3.05, 3.63) is 35.0 Å². The van der Waals surface area contributed by atoms with E-state index in [4.69, 9.17) is 21.1 Å². The number of fused-ring (bicyclic) bond motifs is 1. The first-order chi connectivity index (χ1) is 22.9. The Balaban J connectivity index is 0.00000123. The highest BCUT2D eigenvalue weighted by atomic mass is 35.5. The second-order valence-corrected chi connectivity index (χ2v) is 14.6. The topological polar surface area (TPSA) is 121 Å². The summed E-state index contributed by atoms with van der Waals surface area (Å²) in [6.07, 6.45) is 12.8. The number of halogens is 1. The molecule has 3 atom stereocenters. The van der Waals surface area contributed by atoms with Gasteiger partial charge in [-0.25, -0.2) is 4.98 Å². The second kappa shape index (κ2) is 18.0. The number of nitrogens with zero attached hydrogens (tertiary/aromatic N) is 4. The Morgan fingerprint density at radius 2 is 1.85 bits per heavy atom. The van der Waals surface area contributed by atoms with Gasteiger partial charge in [0.2, 0.25) is 29.5 Å². The molecule has 2 saturated carbocycles. The summed E-state index contributed by atoms with van der Waals surface area (Å²) >= 11 is 6.33. The average Bonchev–Trinajstić information content (AvgIpc) is 3.71. The summed E-state index contributed by atoms with van der Waals surface area (Å²) in [6, 6.07) is -0.0210. The Morgan fingerprint density at radius 1 is 1.12 bits per heavy atom. The number of carbonyl (C=O) groups excluding carboxylic acids is 4. The van der Waals surface area contributed by atoms with Crippen molar-refractivity contribution in [2.24, 2.45) is 11.8 Å². The maximum absolute atomic E-state index is 14.2. The zero-order chi connectivity index (χ0) is 34.8. The molecule has 0 aromatic carbocycles. The minimum Gasteiger partial charge on any atom is -0.474 e. The van der Waals surface area contributed by atoms with Gasteiger partial charge in [-0.2, -0.15) is 0 Å². The van der Waals surface area contributed by atoms with Crippen LogP contribution in [0.3, 0.4) is 0 Å². The maximum Gasteiger partial charge on any atom is 0.246 e. The van der Waals surface area contributed by atoms with Gasteiger partial charge in [-0.15, -0.1) is 0 Å². The van der Waals surface area contributed by atoms with Crippen LogP contribution in [0.25, 0.3) is 0 Å². The predicted molar refractivity (Wildman–Crippen MR) is 185 cm³/mol. The summed E-state index contributed by atoms with van der Waals surface area (Å²) in [5.74, 6) is 0.513. The lowest BCUT2D eigenvalue weighted by Crippen LogP contribution is -2.55. The molecule has 1 aromatic heterocycles. The van der Waals surface area contributed by atoms with Crippen LogP contribution in [0, 0.1) is 11.8 Å². The normalized spacial score (nSPS) is 25.1. The van der Waals surface area contributed by atoms with Gasteiger partial charge < -0.3 is 29.5 Å². The van der Waals surface area contributed by atoms with E-state index in [1.807, 2.05) is 17.1 Å². The molecule has 266 valence electrons. The molecule has 1 N–H and O–H groups in total. The lowest BCUT2D eigenvalue weighted by atomic mass is 9.96. The van der Waals surface area contributed by atoms with Crippen molar-refractivity contribution in [2.45, 2.75) is 109 Å². The van der Waals surface area contributed by atoms with Gasteiger partial charge >= 0.3 is 0 Å². The maximum atomic E-state index is 14.2. The first-order valence-corrected chi connectivity index (χ1v) is 18.0. The van der Waals surface area contributed by atoms with Crippen LogP contribution < -0.4 is 10.1 Å². The van der Waals surface area contributed by atoms with Crippen LogP contribution >= 0.6 is 11.6 Å². The SMILES string of the molecule is CC(C)C.CN(C(=O)CC1CC1)C1C/C=C/COCC2CCCN2C(=O)[C@H](Cc2cc(Cl)cnc2OC2CCC2)N(C)C(=O)CNC1=O. The fraction of sp³-hybridized carbons (Fsp3) is 0.694. The molecule has 2 unspecified atom stereocenters. The molecule has 4 aliphatic rings. The quantitative estimate of drug-likeness (QED) is 0.422. The van der Waals surface area contributed by atoms with E-state index in [9.17, 15) is 19.2 Å². The fourth-order valence-corrected chi connectivity index (χ4v) is 6.11. The van der Waals surface area contributed by atoms with E-state index in [2.05, 4.69) is 31.1 Å². The van der Waals surface area contributed by atoms with Crippen LogP contribution in [0.15, 0.2) is 24.4 Å². The van der Waals surface area contributed by atoms with E-state index >= 15 is 0 Å². The smallest absolute Gasteiger partial charge is 0.246 e. The van der Waals surface area contributed by atoms with Crippen LogP contribution in [0.2, 0.25) is 5.02 Å². The van der Waals surface area contributed by atoms with E-state index in [1.54, 1.807) is 20.2 Å². The van der Waals surface area contributed by atoms with Crippen molar-refractivity contribution >= 4 is 35.2 Å². The molecule has 2 aliphatic carbocycles. The average molecular weight is 688 g/mol. The Labute approximate surface area is 290 Å². The van der Waals surface area contributed by atoms with Crippen molar-refractivity contribution in [1.82, 2.24) is 25.0 Å². The summed E-state index contributed by atoms with van der Waals surface area (Å²) < 4.78 is 12.1. The zero-order valence-corrected chi connectivity index (χ0v) is 30.0. The highest BCUT2D eigenvalue weighted by molar-refractivity contribution is 6.30. The summed E-state index contributed by atoms with van der Waals surface area (Å²) in [5.41, 5.74) is 0.647. The van der Waals surface area contributed by atoms with Crippen molar-refractivity contribution in [1.29, 1.82) is 0 Å². The van der Waals surface area contributed by atoms with Gasteiger partial charge in [-0.1, -0.05) is 44.5 Å². The molecule has 12 heteroatoms.